The Morgan fingerprint density at radius 3 is 2.50 bits per heavy atom. The molecule has 2 N–H and O–H groups in total. The van der Waals surface area contributed by atoms with Crippen molar-refractivity contribution in [2.45, 2.75) is 45.7 Å². The second-order valence-corrected chi connectivity index (χ2v) is 3.51. The van der Waals surface area contributed by atoms with Gasteiger partial charge in [0.15, 0.2) is 0 Å². The first kappa shape index (κ1) is 13.2. The molecule has 0 heterocycles. The summed E-state index contributed by atoms with van der Waals surface area (Å²) in [5, 5.41) is 0. The molecule has 0 aliphatic carbocycles. The van der Waals surface area contributed by atoms with Crippen LogP contribution in [-0.2, 0) is 4.79 Å². The average Bonchev–Trinajstić information content (AvgIpc) is 2.18. The Labute approximate surface area is 87.0 Å². The van der Waals surface area contributed by atoms with Gasteiger partial charge >= 0.3 is 0 Å². The maximum atomic E-state index is 11.8. The maximum absolute atomic E-state index is 11.8. The number of nitrogens with zero attached hydrogens (tertiary/aromatic N) is 1. The predicted molar refractivity (Wildman–Crippen MR) is 59.9 cm³/mol. The minimum Gasteiger partial charge on any atom is -0.339 e. The Morgan fingerprint density at radius 1 is 1.57 bits per heavy atom. The molecular weight excluding hydrogens is 176 g/mol. The molecule has 0 bridgehead atoms. The molecule has 1 amide bonds. The molecule has 0 saturated heterocycles. The van der Waals surface area contributed by atoms with Crippen molar-refractivity contribution in [3.8, 4) is 0 Å². The van der Waals surface area contributed by atoms with Crippen LogP contribution in [0, 0.1) is 0 Å². The number of rotatable bonds is 6. The van der Waals surface area contributed by atoms with Gasteiger partial charge in [-0.15, -0.1) is 6.58 Å². The van der Waals surface area contributed by atoms with Gasteiger partial charge < -0.3 is 10.6 Å². The van der Waals surface area contributed by atoms with Gasteiger partial charge in [-0.05, 0) is 26.7 Å². The molecule has 0 aromatic rings. The van der Waals surface area contributed by atoms with Gasteiger partial charge in [-0.2, -0.15) is 0 Å². The number of likely N-dealkylation sites (N-methyl/N-ethyl adjacent to an activating group) is 1. The maximum Gasteiger partial charge on any atom is 0.240 e. The summed E-state index contributed by atoms with van der Waals surface area (Å²) in [4.78, 5) is 13.6. The highest BCUT2D eigenvalue weighted by atomic mass is 16.2. The van der Waals surface area contributed by atoms with Gasteiger partial charge in [-0.1, -0.05) is 13.0 Å². The van der Waals surface area contributed by atoms with E-state index in [1.807, 2.05) is 18.7 Å². The third-order valence-electron chi connectivity index (χ3n) is 2.48. The van der Waals surface area contributed by atoms with Crippen LogP contribution < -0.4 is 5.73 Å². The molecule has 2 atom stereocenters. The van der Waals surface area contributed by atoms with E-state index in [1.165, 1.54) is 0 Å². The topological polar surface area (TPSA) is 46.3 Å². The molecule has 0 fully saturated rings. The number of carbonyl (C=O) groups excluding carboxylic acids is 1. The summed E-state index contributed by atoms with van der Waals surface area (Å²) < 4.78 is 0. The van der Waals surface area contributed by atoms with Gasteiger partial charge in [0.05, 0.1) is 6.04 Å². The van der Waals surface area contributed by atoms with Crippen molar-refractivity contribution in [1.29, 1.82) is 0 Å². The summed E-state index contributed by atoms with van der Waals surface area (Å²) in [5.41, 5.74) is 5.73. The lowest BCUT2D eigenvalue weighted by molar-refractivity contribution is -0.134. The Kier molecular flexibility index (Phi) is 6.21. The standard InChI is InChI=1S/C11H22N2O/c1-5-8-10(12)11(14)13(7-3)9(4)6-2/h5,9-10H,1,6-8,12H2,2-4H3. The van der Waals surface area contributed by atoms with Crippen molar-refractivity contribution in [3.63, 3.8) is 0 Å². The Morgan fingerprint density at radius 2 is 2.14 bits per heavy atom. The third kappa shape index (κ3) is 3.50. The van der Waals surface area contributed by atoms with Gasteiger partial charge in [-0.25, -0.2) is 0 Å². The van der Waals surface area contributed by atoms with Crippen molar-refractivity contribution >= 4 is 5.91 Å². The van der Waals surface area contributed by atoms with Crippen LogP contribution in [0.25, 0.3) is 0 Å². The summed E-state index contributed by atoms with van der Waals surface area (Å²) in [5.74, 6) is 0.0294. The Balaban J connectivity index is 4.36. The molecule has 3 nitrogen and oxygen atoms in total. The second-order valence-electron chi connectivity index (χ2n) is 3.51. The van der Waals surface area contributed by atoms with E-state index >= 15 is 0 Å². The fourth-order valence-electron chi connectivity index (χ4n) is 1.40. The van der Waals surface area contributed by atoms with E-state index in [9.17, 15) is 4.79 Å². The summed E-state index contributed by atoms with van der Waals surface area (Å²) in [6.07, 6.45) is 3.19. The zero-order valence-corrected chi connectivity index (χ0v) is 9.49. The molecule has 2 unspecified atom stereocenters. The summed E-state index contributed by atoms with van der Waals surface area (Å²) in [6, 6.07) is -0.162. The van der Waals surface area contributed by atoms with Crippen molar-refractivity contribution in [2.24, 2.45) is 5.73 Å². The van der Waals surface area contributed by atoms with Gasteiger partial charge in [0.25, 0.3) is 0 Å². The summed E-state index contributed by atoms with van der Waals surface area (Å²) in [6.45, 7) is 10.4. The van der Waals surface area contributed by atoms with Crippen molar-refractivity contribution < 1.29 is 4.79 Å². The zero-order valence-electron chi connectivity index (χ0n) is 9.49. The predicted octanol–water partition coefficient (Wildman–Crippen LogP) is 1.54. The number of amides is 1. The summed E-state index contributed by atoms with van der Waals surface area (Å²) >= 11 is 0. The van der Waals surface area contributed by atoms with E-state index in [-0.39, 0.29) is 11.9 Å². The number of hydrogen-bond donors (Lipinski definition) is 1. The quantitative estimate of drug-likeness (QED) is 0.658. The largest absolute Gasteiger partial charge is 0.339 e. The van der Waals surface area contributed by atoms with Crippen molar-refractivity contribution in [3.05, 3.63) is 12.7 Å². The minimum atomic E-state index is -0.429. The van der Waals surface area contributed by atoms with Crippen LogP contribution in [0.4, 0.5) is 0 Å². The Bertz CT molecular complexity index is 192. The number of carbonyl (C=O) groups is 1. The molecule has 14 heavy (non-hydrogen) atoms. The highest BCUT2D eigenvalue weighted by molar-refractivity contribution is 5.82. The molecular formula is C11H22N2O. The molecule has 0 saturated carbocycles. The first-order valence-corrected chi connectivity index (χ1v) is 5.25. The lowest BCUT2D eigenvalue weighted by Crippen LogP contribution is -2.47. The van der Waals surface area contributed by atoms with Gasteiger partial charge in [0.2, 0.25) is 5.91 Å². The molecule has 0 aromatic carbocycles. The molecule has 0 radical (unpaired) electrons. The monoisotopic (exact) mass is 198 g/mol. The van der Waals surface area contributed by atoms with Crippen LogP contribution in [0.5, 0.6) is 0 Å². The van der Waals surface area contributed by atoms with E-state index in [1.54, 1.807) is 6.08 Å². The van der Waals surface area contributed by atoms with E-state index in [0.717, 1.165) is 13.0 Å². The van der Waals surface area contributed by atoms with Crippen LogP contribution in [0.2, 0.25) is 0 Å². The van der Waals surface area contributed by atoms with Crippen LogP contribution in [0.3, 0.4) is 0 Å². The van der Waals surface area contributed by atoms with Gasteiger partial charge in [-0.3, -0.25) is 4.79 Å². The SMILES string of the molecule is C=CCC(N)C(=O)N(CC)C(C)CC. The highest BCUT2D eigenvalue weighted by Crippen LogP contribution is 2.06. The molecule has 0 aliphatic heterocycles. The van der Waals surface area contributed by atoms with E-state index in [2.05, 4.69) is 13.5 Å². The summed E-state index contributed by atoms with van der Waals surface area (Å²) in [7, 11) is 0. The van der Waals surface area contributed by atoms with Crippen LogP contribution >= 0.6 is 0 Å². The van der Waals surface area contributed by atoms with Crippen molar-refractivity contribution in [2.75, 3.05) is 6.54 Å². The van der Waals surface area contributed by atoms with E-state index in [0.29, 0.717) is 6.42 Å². The smallest absolute Gasteiger partial charge is 0.240 e. The van der Waals surface area contributed by atoms with Crippen LogP contribution in [0.1, 0.15) is 33.6 Å². The van der Waals surface area contributed by atoms with E-state index in [4.69, 9.17) is 5.73 Å². The Hall–Kier alpha value is -0.830. The zero-order chi connectivity index (χ0) is 11.1. The molecule has 3 heteroatoms. The van der Waals surface area contributed by atoms with E-state index < -0.39 is 6.04 Å². The average molecular weight is 198 g/mol. The molecule has 0 rings (SSSR count). The molecule has 0 aromatic heterocycles. The third-order valence-corrected chi connectivity index (χ3v) is 2.48. The minimum absolute atomic E-state index is 0.0294. The van der Waals surface area contributed by atoms with Gasteiger partial charge in [0, 0.05) is 12.6 Å². The molecule has 82 valence electrons. The normalized spacial score (nSPS) is 14.6. The fraction of sp³-hybridized carbons (Fsp3) is 0.727. The fourth-order valence-corrected chi connectivity index (χ4v) is 1.40. The van der Waals surface area contributed by atoms with Crippen LogP contribution in [0.15, 0.2) is 12.7 Å². The highest BCUT2D eigenvalue weighted by Gasteiger charge is 2.21. The van der Waals surface area contributed by atoms with Crippen molar-refractivity contribution in [1.82, 2.24) is 4.90 Å². The lowest BCUT2D eigenvalue weighted by atomic mass is 10.1. The molecule has 0 spiro atoms. The second kappa shape index (κ2) is 6.60. The number of nitrogens with two attached hydrogens (primary N) is 1. The van der Waals surface area contributed by atoms with Gasteiger partial charge in [0.1, 0.15) is 0 Å². The number of hydrogen-bond acceptors (Lipinski definition) is 2. The molecule has 0 aliphatic rings. The van der Waals surface area contributed by atoms with Crippen LogP contribution in [-0.4, -0.2) is 29.4 Å². The first-order chi connectivity index (χ1) is 6.58. The lowest BCUT2D eigenvalue weighted by Gasteiger charge is -2.29. The first-order valence-electron chi connectivity index (χ1n) is 5.25.